The molecule has 9 heteroatoms. The number of anilines is 2. The topological polar surface area (TPSA) is 50.4 Å². The monoisotopic (exact) mass is 450 g/mol. The van der Waals surface area contributed by atoms with Gasteiger partial charge in [-0.1, -0.05) is 36.4 Å². The lowest BCUT2D eigenvalue weighted by atomic mass is 10.1. The van der Waals surface area contributed by atoms with Gasteiger partial charge >= 0.3 is 12.1 Å². The Labute approximate surface area is 180 Å². The van der Waals surface area contributed by atoms with Gasteiger partial charge in [-0.15, -0.1) is 11.3 Å². The van der Waals surface area contributed by atoms with Crippen molar-refractivity contribution in [2.75, 3.05) is 17.7 Å². The summed E-state index contributed by atoms with van der Waals surface area (Å²) in [7, 11) is 1.28. The van der Waals surface area contributed by atoms with Crippen LogP contribution in [0.5, 0.6) is 0 Å². The van der Waals surface area contributed by atoms with E-state index < -0.39 is 17.7 Å². The minimum atomic E-state index is -4.45. The van der Waals surface area contributed by atoms with Crippen LogP contribution in [0.25, 0.3) is 0 Å². The number of nitrogens with one attached hydrogen (secondary N) is 2. The minimum Gasteiger partial charge on any atom is -0.465 e. The second-order valence-electron chi connectivity index (χ2n) is 6.27. The number of benzene rings is 2. The van der Waals surface area contributed by atoms with E-state index >= 15 is 0 Å². The largest absolute Gasteiger partial charge is 0.465 e. The summed E-state index contributed by atoms with van der Waals surface area (Å²) < 4.78 is 43.5. The fraction of sp³-hybridized carbons (Fsp3) is 0.143. The highest BCUT2D eigenvalue weighted by Crippen LogP contribution is 2.32. The van der Waals surface area contributed by atoms with E-state index in [0.29, 0.717) is 17.0 Å². The molecule has 0 amide bonds. The molecule has 0 bridgehead atoms. The number of hydrogen-bond acceptors (Lipinski definition) is 4. The van der Waals surface area contributed by atoms with E-state index in [1.807, 2.05) is 30.3 Å². The smallest absolute Gasteiger partial charge is 0.416 e. The number of thiophene rings is 1. The van der Waals surface area contributed by atoms with E-state index in [9.17, 15) is 18.0 Å². The van der Waals surface area contributed by atoms with Gasteiger partial charge in [0.05, 0.1) is 18.2 Å². The Morgan fingerprint density at radius 1 is 1.07 bits per heavy atom. The summed E-state index contributed by atoms with van der Waals surface area (Å²) in [4.78, 5) is 13.1. The van der Waals surface area contributed by atoms with Crippen LogP contribution in [0, 0.1) is 0 Å². The second kappa shape index (κ2) is 9.27. The average Bonchev–Trinajstić information content (AvgIpc) is 3.09. The first-order valence-electron chi connectivity index (χ1n) is 8.76. The predicted octanol–water partition coefficient (Wildman–Crippen LogP) is 5.95. The van der Waals surface area contributed by atoms with Crippen molar-refractivity contribution in [3.8, 4) is 0 Å². The van der Waals surface area contributed by atoms with Crippen molar-refractivity contribution in [1.29, 1.82) is 0 Å². The first-order chi connectivity index (χ1) is 14.3. The van der Waals surface area contributed by atoms with Crippen LogP contribution >= 0.6 is 23.6 Å². The number of carbonyl (C=O) groups excluding carboxylic acids is 1. The SMILES string of the molecule is COC(=O)c1cc(Cc2ccccc2)sc1NC(=S)Nc1cccc(C(F)(F)F)c1. The summed E-state index contributed by atoms with van der Waals surface area (Å²) in [6.07, 6.45) is -3.84. The zero-order valence-corrected chi connectivity index (χ0v) is 17.4. The van der Waals surface area contributed by atoms with Gasteiger partial charge in [-0.3, -0.25) is 0 Å². The fourth-order valence-electron chi connectivity index (χ4n) is 2.72. The quantitative estimate of drug-likeness (QED) is 0.371. The van der Waals surface area contributed by atoms with Crippen LogP contribution in [0.4, 0.5) is 23.9 Å². The molecule has 0 aliphatic carbocycles. The first-order valence-corrected chi connectivity index (χ1v) is 9.99. The van der Waals surface area contributed by atoms with Crippen molar-refractivity contribution < 1.29 is 22.7 Å². The maximum Gasteiger partial charge on any atom is 0.416 e. The summed E-state index contributed by atoms with van der Waals surface area (Å²) >= 11 is 6.55. The van der Waals surface area contributed by atoms with Gasteiger partial charge in [0.15, 0.2) is 5.11 Å². The van der Waals surface area contributed by atoms with Gasteiger partial charge in [-0.05, 0) is 42.0 Å². The van der Waals surface area contributed by atoms with Gasteiger partial charge in [-0.2, -0.15) is 13.2 Å². The first kappa shape index (κ1) is 21.8. The highest BCUT2D eigenvalue weighted by atomic mass is 32.1. The predicted molar refractivity (Wildman–Crippen MR) is 116 cm³/mol. The van der Waals surface area contributed by atoms with Crippen molar-refractivity contribution in [1.82, 2.24) is 0 Å². The van der Waals surface area contributed by atoms with E-state index in [0.717, 1.165) is 22.6 Å². The number of ether oxygens (including phenoxy) is 1. The summed E-state index contributed by atoms with van der Waals surface area (Å²) in [6.45, 7) is 0. The Bertz CT molecular complexity index is 1050. The molecular formula is C21H17F3N2O2S2. The highest BCUT2D eigenvalue weighted by molar-refractivity contribution is 7.80. The zero-order valence-electron chi connectivity index (χ0n) is 15.7. The Hall–Kier alpha value is -2.91. The molecule has 3 aromatic rings. The van der Waals surface area contributed by atoms with Gasteiger partial charge in [0.25, 0.3) is 0 Å². The van der Waals surface area contributed by atoms with Gasteiger partial charge in [-0.25, -0.2) is 4.79 Å². The van der Waals surface area contributed by atoms with E-state index in [-0.39, 0.29) is 10.8 Å². The molecular weight excluding hydrogens is 433 g/mol. The number of halogens is 3. The lowest BCUT2D eigenvalue weighted by Crippen LogP contribution is -2.20. The van der Waals surface area contributed by atoms with Crippen LogP contribution in [0.2, 0.25) is 0 Å². The van der Waals surface area contributed by atoms with Crippen molar-refractivity contribution in [3.63, 3.8) is 0 Å². The zero-order chi connectivity index (χ0) is 21.7. The standard InChI is InChI=1S/C21H17F3N2O2S2/c1-28-19(27)17-12-16(10-13-6-3-2-4-7-13)30-18(17)26-20(29)25-15-9-5-8-14(11-15)21(22,23)24/h2-9,11-12H,10H2,1H3,(H2,25,26,29). The minimum absolute atomic E-state index is 0.0626. The molecule has 0 spiro atoms. The molecule has 0 fully saturated rings. The van der Waals surface area contributed by atoms with Crippen molar-refractivity contribution >= 4 is 45.3 Å². The number of thiocarbonyl (C=S) groups is 1. The molecule has 156 valence electrons. The fourth-order valence-corrected chi connectivity index (χ4v) is 4.09. The van der Waals surface area contributed by atoms with Gasteiger partial charge in [0.2, 0.25) is 0 Å². The molecule has 2 N–H and O–H groups in total. The second-order valence-corrected chi connectivity index (χ2v) is 7.81. The molecule has 0 aliphatic heterocycles. The molecule has 4 nitrogen and oxygen atoms in total. The number of carbonyl (C=O) groups is 1. The maximum absolute atomic E-state index is 12.9. The van der Waals surface area contributed by atoms with Crippen LogP contribution in [-0.4, -0.2) is 18.2 Å². The third-order valence-corrected chi connectivity index (χ3v) is 5.34. The highest BCUT2D eigenvalue weighted by Gasteiger charge is 2.30. The maximum atomic E-state index is 12.9. The van der Waals surface area contributed by atoms with E-state index in [1.165, 1.54) is 30.6 Å². The summed E-state index contributed by atoms with van der Waals surface area (Å²) in [5.74, 6) is -0.532. The molecule has 1 aromatic heterocycles. The number of methoxy groups -OCH3 is 1. The molecule has 1 heterocycles. The van der Waals surface area contributed by atoms with Gasteiger partial charge in [0.1, 0.15) is 5.00 Å². The van der Waals surface area contributed by atoms with Crippen LogP contribution in [0.3, 0.4) is 0 Å². The van der Waals surface area contributed by atoms with E-state index in [1.54, 1.807) is 6.07 Å². The number of esters is 1. The Kier molecular flexibility index (Phi) is 6.73. The lowest BCUT2D eigenvalue weighted by molar-refractivity contribution is -0.137. The molecule has 0 atom stereocenters. The number of hydrogen-bond donors (Lipinski definition) is 2. The van der Waals surface area contributed by atoms with E-state index in [2.05, 4.69) is 10.6 Å². The molecule has 3 rings (SSSR count). The Morgan fingerprint density at radius 3 is 2.47 bits per heavy atom. The molecule has 0 unspecified atom stereocenters. The lowest BCUT2D eigenvalue weighted by Gasteiger charge is -2.12. The molecule has 0 aliphatic rings. The van der Waals surface area contributed by atoms with Crippen molar-refractivity contribution in [2.45, 2.75) is 12.6 Å². The van der Waals surface area contributed by atoms with Crippen LogP contribution in [0.1, 0.15) is 26.4 Å². The van der Waals surface area contributed by atoms with Gasteiger partial charge < -0.3 is 15.4 Å². The van der Waals surface area contributed by atoms with Crippen LogP contribution in [0.15, 0.2) is 60.7 Å². The molecule has 0 radical (unpaired) electrons. The summed E-state index contributed by atoms with van der Waals surface area (Å²) in [5, 5.41) is 6.13. The Balaban J connectivity index is 1.77. The average molecular weight is 451 g/mol. The van der Waals surface area contributed by atoms with E-state index in [4.69, 9.17) is 17.0 Å². The normalized spacial score (nSPS) is 11.1. The van der Waals surface area contributed by atoms with Crippen LogP contribution in [-0.2, 0) is 17.3 Å². The molecule has 2 aromatic carbocycles. The summed E-state index contributed by atoms with van der Waals surface area (Å²) in [6, 6.07) is 16.2. The third-order valence-electron chi connectivity index (χ3n) is 4.08. The number of alkyl halides is 3. The third kappa shape index (κ3) is 5.58. The molecule has 0 saturated carbocycles. The van der Waals surface area contributed by atoms with Crippen molar-refractivity contribution in [2.24, 2.45) is 0 Å². The summed E-state index contributed by atoms with van der Waals surface area (Å²) in [5.41, 5.74) is 0.780. The van der Waals surface area contributed by atoms with Gasteiger partial charge in [0, 0.05) is 17.0 Å². The molecule has 30 heavy (non-hydrogen) atoms. The Morgan fingerprint density at radius 2 is 1.80 bits per heavy atom. The number of rotatable bonds is 5. The molecule has 0 saturated heterocycles. The van der Waals surface area contributed by atoms with Crippen molar-refractivity contribution in [3.05, 3.63) is 82.2 Å². The van der Waals surface area contributed by atoms with Crippen LogP contribution < -0.4 is 10.6 Å².